The van der Waals surface area contributed by atoms with Crippen molar-refractivity contribution in [2.24, 2.45) is 11.7 Å². The first-order valence-electron chi connectivity index (χ1n) is 5.04. The highest BCUT2D eigenvalue weighted by molar-refractivity contribution is 5.91. The van der Waals surface area contributed by atoms with E-state index in [2.05, 4.69) is 0 Å². The van der Waals surface area contributed by atoms with E-state index >= 15 is 0 Å². The second kappa shape index (κ2) is 4.98. The Morgan fingerprint density at radius 3 is 2.36 bits per heavy atom. The Labute approximate surface area is 84.4 Å². The number of hydrogen-bond donors (Lipinski definition) is 1. The number of primary amides is 1. The van der Waals surface area contributed by atoms with Gasteiger partial charge in [-0.1, -0.05) is 6.92 Å². The van der Waals surface area contributed by atoms with Crippen LogP contribution < -0.4 is 5.73 Å². The molecule has 0 unspecified atom stereocenters. The maximum Gasteiger partial charge on any atom is 0.227 e. The van der Waals surface area contributed by atoms with Gasteiger partial charge in [0.05, 0.1) is 6.42 Å². The van der Waals surface area contributed by atoms with E-state index in [4.69, 9.17) is 5.73 Å². The molecule has 0 aromatic carbocycles. The molecule has 0 spiro atoms. The van der Waals surface area contributed by atoms with Gasteiger partial charge >= 0.3 is 0 Å². The number of hydrogen-bond acceptors (Lipinski definition) is 2. The lowest BCUT2D eigenvalue weighted by Gasteiger charge is -2.27. The van der Waals surface area contributed by atoms with E-state index < -0.39 is 11.8 Å². The number of rotatable bonds is 3. The highest BCUT2D eigenvalue weighted by Crippen LogP contribution is 2.11. The van der Waals surface area contributed by atoms with Gasteiger partial charge in [0.1, 0.15) is 0 Å². The van der Waals surface area contributed by atoms with E-state index in [0.29, 0.717) is 0 Å². The average Bonchev–Trinajstić information content (AvgIpc) is 2.19. The van der Waals surface area contributed by atoms with Crippen LogP contribution in [-0.2, 0) is 9.59 Å². The summed E-state index contributed by atoms with van der Waals surface area (Å²) in [6.45, 7) is 3.26. The zero-order valence-electron chi connectivity index (χ0n) is 8.53. The lowest BCUT2D eigenvalue weighted by Crippen LogP contribution is -2.38. The van der Waals surface area contributed by atoms with Gasteiger partial charge in [-0.2, -0.15) is 0 Å². The fourth-order valence-electron chi connectivity index (χ4n) is 1.52. The first-order valence-corrected chi connectivity index (χ1v) is 5.04. The van der Waals surface area contributed by atoms with Crippen molar-refractivity contribution >= 4 is 11.8 Å². The number of likely N-dealkylation sites (tertiary alicyclic amines) is 1. The van der Waals surface area contributed by atoms with Crippen LogP contribution in [0.2, 0.25) is 0 Å². The Morgan fingerprint density at radius 2 is 1.86 bits per heavy atom. The molecule has 0 aromatic rings. The van der Waals surface area contributed by atoms with Crippen molar-refractivity contribution in [2.45, 2.75) is 26.2 Å². The summed E-state index contributed by atoms with van der Waals surface area (Å²) in [5.74, 6) is -0.976. The van der Waals surface area contributed by atoms with E-state index in [0.717, 1.165) is 25.9 Å². The number of carbonyl (C=O) groups excluding carboxylic acids is 2. The molecule has 1 fully saturated rings. The smallest absolute Gasteiger partial charge is 0.227 e. The van der Waals surface area contributed by atoms with E-state index in [1.165, 1.54) is 12.8 Å². The second-order valence-electron chi connectivity index (χ2n) is 3.74. The second-order valence-corrected chi connectivity index (χ2v) is 3.74. The third kappa shape index (κ3) is 3.01. The van der Waals surface area contributed by atoms with Gasteiger partial charge < -0.3 is 10.6 Å². The Kier molecular flexibility index (Phi) is 3.92. The highest BCUT2D eigenvalue weighted by Gasteiger charge is 2.21. The van der Waals surface area contributed by atoms with Crippen LogP contribution >= 0.6 is 0 Å². The number of amides is 2. The van der Waals surface area contributed by atoms with Crippen molar-refractivity contribution in [3.8, 4) is 0 Å². The average molecular weight is 197 g/mol. The SMILES string of the molecule is C[C@H]([CH]C(=O)N1CCCCC1)C(N)=O. The Hall–Kier alpha value is -1.06. The molecule has 4 nitrogen and oxygen atoms in total. The molecule has 79 valence electrons. The van der Waals surface area contributed by atoms with Gasteiger partial charge in [-0.15, -0.1) is 0 Å². The summed E-state index contributed by atoms with van der Waals surface area (Å²) in [5, 5.41) is 0. The molecule has 1 heterocycles. The standard InChI is InChI=1S/C10H17N2O2/c1-8(10(11)14)7-9(13)12-5-3-2-4-6-12/h7-8H,2-6H2,1H3,(H2,11,14)/t8-/m1/s1. The van der Waals surface area contributed by atoms with Gasteiger partial charge in [0.25, 0.3) is 0 Å². The summed E-state index contributed by atoms with van der Waals surface area (Å²) in [4.78, 5) is 24.1. The van der Waals surface area contributed by atoms with Crippen LogP contribution in [0.4, 0.5) is 0 Å². The Bertz CT molecular complexity index is 222. The van der Waals surface area contributed by atoms with Gasteiger partial charge in [-0.05, 0) is 19.3 Å². The van der Waals surface area contributed by atoms with E-state index in [-0.39, 0.29) is 5.91 Å². The van der Waals surface area contributed by atoms with Gasteiger partial charge in [0.2, 0.25) is 11.8 Å². The summed E-state index contributed by atoms with van der Waals surface area (Å²) in [7, 11) is 0. The fourth-order valence-corrected chi connectivity index (χ4v) is 1.52. The minimum Gasteiger partial charge on any atom is -0.369 e. The van der Waals surface area contributed by atoms with Crippen molar-refractivity contribution in [2.75, 3.05) is 13.1 Å². The number of nitrogens with two attached hydrogens (primary N) is 1. The molecule has 2 amide bonds. The molecule has 0 aliphatic carbocycles. The summed E-state index contributed by atoms with van der Waals surface area (Å²) < 4.78 is 0. The van der Waals surface area contributed by atoms with Crippen LogP contribution in [-0.4, -0.2) is 29.8 Å². The Balaban J connectivity index is 2.36. The largest absolute Gasteiger partial charge is 0.369 e. The van der Waals surface area contributed by atoms with Gasteiger partial charge in [-0.25, -0.2) is 0 Å². The minimum atomic E-state index is -0.468. The maximum atomic E-state index is 11.6. The molecule has 14 heavy (non-hydrogen) atoms. The molecule has 1 aliphatic heterocycles. The van der Waals surface area contributed by atoms with Crippen LogP contribution in [0.1, 0.15) is 26.2 Å². The summed E-state index contributed by atoms with van der Waals surface area (Å²) in [6, 6.07) is 0. The van der Waals surface area contributed by atoms with Crippen LogP contribution in [0.5, 0.6) is 0 Å². The molecular weight excluding hydrogens is 180 g/mol. The molecule has 0 bridgehead atoms. The molecular formula is C10H17N2O2. The van der Waals surface area contributed by atoms with E-state index in [9.17, 15) is 9.59 Å². The summed E-state index contributed by atoms with van der Waals surface area (Å²) >= 11 is 0. The van der Waals surface area contributed by atoms with Crippen molar-refractivity contribution < 1.29 is 9.59 Å². The normalized spacial score (nSPS) is 19.1. The number of carbonyl (C=O) groups is 2. The monoisotopic (exact) mass is 197 g/mol. The maximum absolute atomic E-state index is 11.6. The first kappa shape index (κ1) is 11.0. The number of piperidine rings is 1. The van der Waals surface area contributed by atoms with Gasteiger partial charge in [0.15, 0.2) is 0 Å². The molecule has 0 aromatic heterocycles. The molecule has 1 rings (SSSR count). The zero-order valence-corrected chi connectivity index (χ0v) is 8.53. The molecule has 1 saturated heterocycles. The van der Waals surface area contributed by atoms with Gasteiger partial charge in [-0.3, -0.25) is 9.59 Å². The highest BCUT2D eigenvalue weighted by atomic mass is 16.2. The summed E-state index contributed by atoms with van der Waals surface area (Å²) in [5.41, 5.74) is 5.07. The molecule has 4 heteroatoms. The molecule has 1 radical (unpaired) electrons. The zero-order chi connectivity index (χ0) is 10.6. The number of nitrogens with zero attached hydrogens (tertiary/aromatic N) is 1. The van der Waals surface area contributed by atoms with Crippen LogP contribution in [0.3, 0.4) is 0 Å². The molecule has 0 saturated carbocycles. The van der Waals surface area contributed by atoms with Gasteiger partial charge in [0, 0.05) is 19.0 Å². The fraction of sp³-hybridized carbons (Fsp3) is 0.700. The molecule has 1 aliphatic rings. The summed E-state index contributed by atoms with van der Waals surface area (Å²) in [6.07, 6.45) is 4.72. The molecule has 2 N–H and O–H groups in total. The van der Waals surface area contributed by atoms with Crippen LogP contribution in [0, 0.1) is 12.3 Å². The predicted molar refractivity (Wildman–Crippen MR) is 53.1 cm³/mol. The molecule has 1 atom stereocenters. The van der Waals surface area contributed by atoms with Crippen molar-refractivity contribution in [1.29, 1.82) is 0 Å². The third-order valence-corrected chi connectivity index (χ3v) is 2.51. The van der Waals surface area contributed by atoms with E-state index in [1.54, 1.807) is 11.8 Å². The Morgan fingerprint density at radius 1 is 1.29 bits per heavy atom. The van der Waals surface area contributed by atoms with E-state index in [1.807, 2.05) is 0 Å². The lowest BCUT2D eigenvalue weighted by atomic mass is 10.1. The topological polar surface area (TPSA) is 63.4 Å². The van der Waals surface area contributed by atoms with Crippen molar-refractivity contribution in [3.05, 3.63) is 6.42 Å². The third-order valence-electron chi connectivity index (χ3n) is 2.51. The lowest BCUT2D eigenvalue weighted by molar-refractivity contribution is -0.131. The van der Waals surface area contributed by atoms with Crippen LogP contribution in [0.15, 0.2) is 0 Å². The minimum absolute atomic E-state index is 0.0593. The van der Waals surface area contributed by atoms with Crippen molar-refractivity contribution in [3.63, 3.8) is 0 Å². The first-order chi connectivity index (χ1) is 6.61. The van der Waals surface area contributed by atoms with Crippen molar-refractivity contribution in [1.82, 2.24) is 4.90 Å². The predicted octanol–water partition coefficient (Wildman–Crippen LogP) is 0.325. The van der Waals surface area contributed by atoms with Crippen LogP contribution in [0.25, 0.3) is 0 Å². The quantitative estimate of drug-likeness (QED) is 0.708.